The first-order valence-electron chi connectivity index (χ1n) is 12.8. The van der Waals surface area contributed by atoms with Crippen molar-refractivity contribution in [2.75, 3.05) is 44.7 Å². The van der Waals surface area contributed by atoms with Crippen LogP contribution < -0.4 is 15.0 Å². The molecule has 0 saturated carbocycles. The van der Waals surface area contributed by atoms with Crippen molar-refractivity contribution in [1.82, 2.24) is 30.0 Å². The summed E-state index contributed by atoms with van der Waals surface area (Å²) in [6, 6.07) is 12.2. The molecular weight excluding hydrogens is 442 g/mol. The Bertz CT molecular complexity index is 1130. The minimum absolute atomic E-state index is 0.0712. The highest BCUT2D eigenvalue weighted by Gasteiger charge is 2.26. The number of anilines is 1. The standard InChI is InChI=1S/C26H35N7O2/c1-19(31-15-3-4-16-31)11-14-27-26(34)21-12-17-32(18-13-21)24-10-9-23-28-29-25(33(23)30-24)20-5-7-22(35-2)8-6-20/h5-10,19,21H,3-4,11-18H2,1-2H3,(H,27,34)/t19-/m1/s1. The molecule has 9 nitrogen and oxygen atoms in total. The van der Waals surface area contributed by atoms with E-state index in [-0.39, 0.29) is 11.8 Å². The molecule has 0 unspecified atom stereocenters. The summed E-state index contributed by atoms with van der Waals surface area (Å²) in [7, 11) is 1.65. The number of hydrogen-bond acceptors (Lipinski definition) is 7. The fourth-order valence-electron chi connectivity index (χ4n) is 5.15. The van der Waals surface area contributed by atoms with Crippen LogP contribution in [0.3, 0.4) is 0 Å². The Balaban J connectivity index is 1.17. The van der Waals surface area contributed by atoms with E-state index >= 15 is 0 Å². The average molecular weight is 478 g/mol. The molecule has 1 N–H and O–H groups in total. The van der Waals surface area contributed by atoms with Gasteiger partial charge in [-0.15, -0.1) is 15.3 Å². The van der Waals surface area contributed by atoms with Crippen LogP contribution >= 0.6 is 0 Å². The number of nitrogens with one attached hydrogen (secondary N) is 1. The summed E-state index contributed by atoms with van der Waals surface area (Å²) >= 11 is 0. The number of likely N-dealkylation sites (tertiary alicyclic amines) is 1. The van der Waals surface area contributed by atoms with Crippen molar-refractivity contribution in [3.8, 4) is 17.1 Å². The Labute approximate surface area is 206 Å². The zero-order valence-electron chi connectivity index (χ0n) is 20.7. The maximum atomic E-state index is 12.7. The SMILES string of the molecule is COc1ccc(-c2nnc3ccc(N4CCC(C(=O)NCC[C@@H](C)N5CCCC5)CC4)nn23)cc1. The van der Waals surface area contributed by atoms with E-state index in [1.807, 2.05) is 36.4 Å². The molecule has 4 heterocycles. The molecule has 186 valence electrons. The van der Waals surface area contributed by atoms with Crippen molar-refractivity contribution >= 4 is 17.4 Å². The van der Waals surface area contributed by atoms with Gasteiger partial charge in [0, 0.05) is 37.2 Å². The second-order valence-electron chi connectivity index (χ2n) is 9.65. The number of aromatic nitrogens is 4. The van der Waals surface area contributed by atoms with Crippen LogP contribution in [-0.4, -0.2) is 76.5 Å². The number of ether oxygens (including phenoxy) is 1. The van der Waals surface area contributed by atoms with Crippen LogP contribution in [0.1, 0.15) is 39.0 Å². The summed E-state index contributed by atoms with van der Waals surface area (Å²) < 4.78 is 7.04. The van der Waals surface area contributed by atoms with E-state index in [0.717, 1.165) is 56.0 Å². The van der Waals surface area contributed by atoms with Gasteiger partial charge < -0.3 is 19.9 Å². The summed E-state index contributed by atoms with van der Waals surface area (Å²) in [4.78, 5) is 17.5. The van der Waals surface area contributed by atoms with Crippen LogP contribution in [0.2, 0.25) is 0 Å². The predicted molar refractivity (Wildman–Crippen MR) is 136 cm³/mol. The predicted octanol–water partition coefficient (Wildman–Crippen LogP) is 3.01. The number of carbonyl (C=O) groups excluding carboxylic acids is 1. The highest BCUT2D eigenvalue weighted by atomic mass is 16.5. The van der Waals surface area contributed by atoms with Gasteiger partial charge in [-0.3, -0.25) is 4.79 Å². The number of hydrogen-bond donors (Lipinski definition) is 1. The molecule has 2 aliphatic rings. The third kappa shape index (κ3) is 5.24. The lowest BCUT2D eigenvalue weighted by atomic mass is 9.96. The van der Waals surface area contributed by atoms with E-state index in [0.29, 0.717) is 17.5 Å². The molecule has 0 bridgehead atoms. The largest absolute Gasteiger partial charge is 0.497 e. The number of nitrogens with zero attached hydrogens (tertiary/aromatic N) is 6. The minimum Gasteiger partial charge on any atom is -0.497 e. The van der Waals surface area contributed by atoms with Gasteiger partial charge in [0.1, 0.15) is 11.6 Å². The van der Waals surface area contributed by atoms with E-state index < -0.39 is 0 Å². The van der Waals surface area contributed by atoms with Crippen molar-refractivity contribution in [2.45, 2.75) is 45.1 Å². The number of fused-ring (bicyclic) bond motifs is 1. The smallest absolute Gasteiger partial charge is 0.223 e. The Morgan fingerprint density at radius 2 is 1.80 bits per heavy atom. The van der Waals surface area contributed by atoms with Gasteiger partial charge in [0.2, 0.25) is 5.91 Å². The fourth-order valence-corrected chi connectivity index (χ4v) is 5.15. The average Bonchev–Trinajstić information content (AvgIpc) is 3.59. The van der Waals surface area contributed by atoms with E-state index in [9.17, 15) is 4.79 Å². The first kappa shape index (κ1) is 23.5. The van der Waals surface area contributed by atoms with Crippen molar-refractivity contribution in [3.63, 3.8) is 0 Å². The van der Waals surface area contributed by atoms with Crippen molar-refractivity contribution in [1.29, 1.82) is 0 Å². The molecule has 0 aliphatic carbocycles. The van der Waals surface area contributed by atoms with Crippen molar-refractivity contribution in [3.05, 3.63) is 36.4 Å². The number of methoxy groups -OCH3 is 1. The second-order valence-corrected chi connectivity index (χ2v) is 9.65. The van der Waals surface area contributed by atoms with E-state index in [1.54, 1.807) is 11.6 Å². The molecule has 1 atom stereocenters. The molecule has 2 saturated heterocycles. The van der Waals surface area contributed by atoms with E-state index in [2.05, 4.69) is 32.2 Å². The molecule has 3 aromatic rings. The molecule has 0 spiro atoms. The first-order valence-corrected chi connectivity index (χ1v) is 12.8. The van der Waals surface area contributed by atoms with Gasteiger partial charge in [-0.2, -0.15) is 4.52 Å². The Morgan fingerprint density at radius 1 is 1.06 bits per heavy atom. The van der Waals surface area contributed by atoms with Gasteiger partial charge >= 0.3 is 0 Å². The molecule has 9 heteroatoms. The van der Waals surface area contributed by atoms with Gasteiger partial charge in [-0.05, 0) is 88.5 Å². The lowest BCUT2D eigenvalue weighted by molar-refractivity contribution is -0.125. The zero-order valence-corrected chi connectivity index (χ0v) is 20.7. The van der Waals surface area contributed by atoms with Crippen LogP contribution in [-0.2, 0) is 4.79 Å². The molecule has 5 rings (SSSR count). The minimum atomic E-state index is 0.0712. The molecule has 35 heavy (non-hydrogen) atoms. The molecule has 1 aromatic carbocycles. The lowest BCUT2D eigenvalue weighted by Crippen LogP contribution is -2.42. The van der Waals surface area contributed by atoms with Gasteiger partial charge in [-0.1, -0.05) is 0 Å². The van der Waals surface area contributed by atoms with Crippen LogP contribution in [0.15, 0.2) is 36.4 Å². The van der Waals surface area contributed by atoms with E-state index in [1.165, 1.54) is 25.9 Å². The molecule has 2 fully saturated rings. The first-order chi connectivity index (χ1) is 17.1. The normalized spacial score (nSPS) is 18.2. The molecule has 1 amide bonds. The quantitative estimate of drug-likeness (QED) is 0.534. The molecular formula is C26H35N7O2. The fraction of sp³-hybridized carbons (Fsp3) is 0.538. The number of amides is 1. The Morgan fingerprint density at radius 3 is 2.51 bits per heavy atom. The maximum absolute atomic E-state index is 12.7. The topological polar surface area (TPSA) is 87.9 Å². The summed E-state index contributed by atoms with van der Waals surface area (Å²) in [5.74, 6) is 2.64. The molecule has 0 radical (unpaired) electrons. The third-order valence-electron chi connectivity index (χ3n) is 7.41. The van der Waals surface area contributed by atoms with Crippen molar-refractivity contribution < 1.29 is 9.53 Å². The van der Waals surface area contributed by atoms with Gasteiger partial charge in [0.25, 0.3) is 0 Å². The van der Waals surface area contributed by atoms with Gasteiger partial charge in [0.15, 0.2) is 11.5 Å². The zero-order chi connectivity index (χ0) is 24.2. The summed E-state index contributed by atoms with van der Waals surface area (Å²) in [6.45, 7) is 7.04. The Kier molecular flexibility index (Phi) is 7.13. The van der Waals surface area contributed by atoms with E-state index in [4.69, 9.17) is 9.84 Å². The third-order valence-corrected chi connectivity index (χ3v) is 7.41. The van der Waals surface area contributed by atoms with Gasteiger partial charge in [0.05, 0.1) is 7.11 Å². The summed E-state index contributed by atoms with van der Waals surface area (Å²) in [5.41, 5.74) is 1.63. The number of piperidine rings is 1. The second kappa shape index (κ2) is 10.6. The highest BCUT2D eigenvalue weighted by Crippen LogP contribution is 2.25. The van der Waals surface area contributed by atoms with Crippen LogP contribution in [0.25, 0.3) is 17.0 Å². The number of rotatable bonds is 8. The maximum Gasteiger partial charge on any atom is 0.223 e. The van der Waals surface area contributed by atoms with Gasteiger partial charge in [-0.25, -0.2) is 0 Å². The monoisotopic (exact) mass is 477 g/mol. The van der Waals surface area contributed by atoms with Crippen LogP contribution in [0.4, 0.5) is 5.82 Å². The van der Waals surface area contributed by atoms with Crippen LogP contribution in [0.5, 0.6) is 5.75 Å². The number of benzene rings is 1. The van der Waals surface area contributed by atoms with Crippen LogP contribution in [0, 0.1) is 5.92 Å². The summed E-state index contributed by atoms with van der Waals surface area (Å²) in [6.07, 6.45) is 5.29. The highest BCUT2D eigenvalue weighted by molar-refractivity contribution is 5.79. The molecule has 2 aliphatic heterocycles. The molecule has 2 aromatic heterocycles. The lowest BCUT2D eigenvalue weighted by Gasteiger charge is -2.32. The number of carbonyl (C=O) groups is 1. The Hall–Kier alpha value is -3.20. The van der Waals surface area contributed by atoms with Crippen molar-refractivity contribution in [2.24, 2.45) is 5.92 Å². The summed E-state index contributed by atoms with van der Waals surface area (Å²) in [5, 5.41) is 16.6.